The van der Waals surface area contributed by atoms with Crippen molar-refractivity contribution in [1.29, 1.82) is 0 Å². The molecule has 0 radical (unpaired) electrons. The van der Waals surface area contributed by atoms with Crippen molar-refractivity contribution in [2.24, 2.45) is 0 Å². The zero-order valence-corrected chi connectivity index (χ0v) is 20.2. The summed E-state index contributed by atoms with van der Waals surface area (Å²) in [6, 6.07) is 4.13. The molecule has 1 saturated heterocycles. The molecule has 1 unspecified atom stereocenters. The summed E-state index contributed by atoms with van der Waals surface area (Å²) in [6.45, 7) is 4.29. The Hall–Kier alpha value is -3.04. The molecule has 7 rings (SSSR count). The predicted octanol–water partition coefficient (Wildman–Crippen LogP) is 4.58. The first-order valence-electron chi connectivity index (χ1n) is 12.9. The molecule has 4 aromatic rings. The zero-order chi connectivity index (χ0) is 24.5. The third-order valence-corrected chi connectivity index (χ3v) is 8.25. The van der Waals surface area contributed by atoms with Crippen molar-refractivity contribution < 1.29 is 8.78 Å². The first kappa shape index (κ1) is 22.2. The van der Waals surface area contributed by atoms with E-state index in [1.807, 2.05) is 18.5 Å². The van der Waals surface area contributed by atoms with Crippen LogP contribution in [-0.2, 0) is 12.0 Å². The lowest BCUT2D eigenvalue weighted by atomic mass is 10.0. The smallest absolute Gasteiger partial charge is 0.260 e. The summed E-state index contributed by atoms with van der Waals surface area (Å²) in [5, 5.41) is 9.00. The molecule has 0 aromatic carbocycles. The Morgan fingerprint density at radius 2 is 1.92 bits per heavy atom. The highest BCUT2D eigenvalue weighted by atomic mass is 19.3. The van der Waals surface area contributed by atoms with Crippen LogP contribution in [-0.4, -0.2) is 50.0 Å². The average molecular weight is 490 g/mol. The number of H-pyrrole nitrogens is 1. The van der Waals surface area contributed by atoms with Crippen LogP contribution in [0.3, 0.4) is 0 Å². The average Bonchev–Trinajstić information content (AvgIpc) is 3.76. The third kappa shape index (κ3) is 3.59. The lowest BCUT2D eigenvalue weighted by Gasteiger charge is -2.24. The predicted molar refractivity (Wildman–Crippen MR) is 134 cm³/mol. The van der Waals surface area contributed by atoms with Gasteiger partial charge in [0.2, 0.25) is 0 Å². The molecule has 0 bridgehead atoms. The van der Waals surface area contributed by atoms with Crippen LogP contribution < -0.4 is 10.6 Å². The number of aromatic nitrogens is 5. The lowest BCUT2D eigenvalue weighted by molar-refractivity contribution is 0.0912. The molecule has 0 spiro atoms. The number of hydrogen-bond acceptors (Lipinski definition) is 6. The number of nitrogens with zero attached hydrogens (tertiary/aromatic N) is 4. The normalized spacial score (nSPS) is 24.0. The first-order chi connectivity index (χ1) is 17.4. The Kier molecular flexibility index (Phi) is 4.92. The minimum absolute atomic E-state index is 0.156. The van der Waals surface area contributed by atoms with E-state index in [1.165, 1.54) is 18.4 Å². The van der Waals surface area contributed by atoms with Gasteiger partial charge in [-0.3, -0.25) is 4.98 Å². The molecule has 7 nitrogen and oxygen atoms in total. The van der Waals surface area contributed by atoms with Gasteiger partial charge in [0, 0.05) is 53.4 Å². The summed E-state index contributed by atoms with van der Waals surface area (Å²) < 4.78 is 28.2. The summed E-state index contributed by atoms with van der Waals surface area (Å²) in [7, 11) is 0. The van der Waals surface area contributed by atoms with Gasteiger partial charge in [0.25, 0.3) is 5.92 Å². The summed E-state index contributed by atoms with van der Waals surface area (Å²) in [5.41, 5.74) is 3.73. The molecule has 1 aliphatic heterocycles. The molecule has 2 aliphatic carbocycles. The lowest BCUT2D eigenvalue weighted by Crippen LogP contribution is -2.39. The van der Waals surface area contributed by atoms with Crippen LogP contribution >= 0.6 is 0 Å². The summed E-state index contributed by atoms with van der Waals surface area (Å²) in [4.78, 5) is 22.1. The number of fused-ring (bicyclic) bond motifs is 2. The molecule has 3 aliphatic rings. The van der Waals surface area contributed by atoms with Gasteiger partial charge in [0.15, 0.2) is 5.82 Å². The maximum Gasteiger partial charge on any atom is 0.260 e. The minimum Gasteiger partial charge on any atom is -0.342 e. The number of hydrogen-bond donors (Lipinski definition) is 3. The minimum atomic E-state index is -2.70. The van der Waals surface area contributed by atoms with Gasteiger partial charge >= 0.3 is 0 Å². The van der Waals surface area contributed by atoms with Gasteiger partial charge in [-0.2, -0.15) is 0 Å². The van der Waals surface area contributed by atoms with E-state index >= 15 is 0 Å². The maximum atomic E-state index is 14.1. The van der Waals surface area contributed by atoms with Crippen molar-refractivity contribution in [3.8, 4) is 11.4 Å². The van der Waals surface area contributed by atoms with Crippen molar-refractivity contribution in [1.82, 2.24) is 35.6 Å². The van der Waals surface area contributed by atoms with Gasteiger partial charge in [0.05, 0.1) is 22.8 Å². The van der Waals surface area contributed by atoms with Crippen molar-refractivity contribution in [3.05, 3.63) is 47.7 Å². The van der Waals surface area contributed by atoms with Crippen molar-refractivity contribution in [2.45, 2.75) is 68.9 Å². The van der Waals surface area contributed by atoms with Gasteiger partial charge in [-0.15, -0.1) is 0 Å². The number of rotatable bonds is 6. The number of nitrogens with one attached hydrogen (secondary N) is 3. The zero-order valence-electron chi connectivity index (χ0n) is 20.2. The van der Waals surface area contributed by atoms with Crippen LogP contribution in [0.4, 0.5) is 8.78 Å². The molecule has 4 aromatic heterocycles. The number of pyridine rings is 2. The Morgan fingerprint density at radius 3 is 2.67 bits per heavy atom. The van der Waals surface area contributed by atoms with Crippen LogP contribution in [0.5, 0.6) is 0 Å². The van der Waals surface area contributed by atoms with E-state index in [0.717, 1.165) is 53.5 Å². The Bertz CT molecular complexity index is 1470. The van der Waals surface area contributed by atoms with E-state index in [2.05, 4.69) is 25.6 Å². The SMILES string of the molecule is CC1(c2cc3c(-c4nc(CNC5CCNCC5)c5c(C6CC6)cncc5n4)ccnc3[nH]2)CC1(F)F. The molecule has 3 N–H and O–H groups in total. The van der Waals surface area contributed by atoms with Gasteiger partial charge in [-0.05, 0) is 69.3 Å². The quantitative estimate of drug-likeness (QED) is 0.367. The van der Waals surface area contributed by atoms with Crippen LogP contribution in [0.15, 0.2) is 30.7 Å². The fourth-order valence-electron chi connectivity index (χ4n) is 5.62. The Morgan fingerprint density at radius 1 is 1.11 bits per heavy atom. The monoisotopic (exact) mass is 489 g/mol. The third-order valence-electron chi connectivity index (χ3n) is 8.25. The molecule has 5 heterocycles. The van der Waals surface area contributed by atoms with Crippen LogP contribution in [0.2, 0.25) is 0 Å². The van der Waals surface area contributed by atoms with Crippen molar-refractivity contribution >= 4 is 21.9 Å². The molecule has 3 fully saturated rings. The van der Waals surface area contributed by atoms with E-state index < -0.39 is 11.3 Å². The molecule has 186 valence electrons. The second-order valence-corrected chi connectivity index (χ2v) is 10.8. The summed E-state index contributed by atoms with van der Waals surface area (Å²) in [6.07, 6.45) is 9.83. The van der Waals surface area contributed by atoms with Crippen LogP contribution in [0.1, 0.15) is 61.9 Å². The fourth-order valence-corrected chi connectivity index (χ4v) is 5.62. The van der Waals surface area contributed by atoms with Gasteiger partial charge in [0.1, 0.15) is 5.65 Å². The van der Waals surface area contributed by atoms with Gasteiger partial charge in [-0.25, -0.2) is 23.7 Å². The molecule has 9 heteroatoms. The van der Waals surface area contributed by atoms with Crippen LogP contribution in [0, 0.1) is 0 Å². The highest BCUT2D eigenvalue weighted by Gasteiger charge is 2.69. The van der Waals surface area contributed by atoms with Gasteiger partial charge in [-0.1, -0.05) is 0 Å². The van der Waals surface area contributed by atoms with Gasteiger partial charge < -0.3 is 15.6 Å². The van der Waals surface area contributed by atoms with E-state index in [-0.39, 0.29) is 6.42 Å². The molecular formula is C27H29F2N7. The van der Waals surface area contributed by atoms with Crippen LogP contribution in [0.25, 0.3) is 33.3 Å². The number of aromatic amines is 1. The van der Waals surface area contributed by atoms with Crippen molar-refractivity contribution in [2.75, 3.05) is 13.1 Å². The highest BCUT2D eigenvalue weighted by molar-refractivity contribution is 5.94. The second-order valence-electron chi connectivity index (χ2n) is 10.8. The molecule has 2 saturated carbocycles. The maximum absolute atomic E-state index is 14.1. The number of alkyl halides is 2. The second kappa shape index (κ2) is 7.98. The largest absolute Gasteiger partial charge is 0.342 e. The Balaban J connectivity index is 1.34. The molecular weight excluding hydrogens is 460 g/mol. The van der Waals surface area contributed by atoms with E-state index in [4.69, 9.17) is 9.97 Å². The summed E-state index contributed by atoms with van der Waals surface area (Å²) in [5.74, 6) is -1.61. The topological polar surface area (TPSA) is 91.4 Å². The van der Waals surface area contributed by atoms with E-state index in [1.54, 1.807) is 19.2 Å². The Labute approximate surface area is 207 Å². The molecule has 36 heavy (non-hydrogen) atoms. The fraction of sp³-hybridized carbons (Fsp3) is 0.481. The van der Waals surface area contributed by atoms with E-state index in [0.29, 0.717) is 35.7 Å². The molecule has 1 atom stereocenters. The first-order valence-corrected chi connectivity index (χ1v) is 12.9. The molecule has 0 amide bonds. The number of halogens is 2. The standard InChI is InChI=1S/C27H29F2N7/c1-26(14-27(26,28)29)22-10-18-17(6-9-32-24(18)36-22)25-34-20-12-31-11-19(15-2-3-15)23(20)21(35-25)13-33-16-4-7-30-8-5-16/h6,9-12,15-16,30,33H,2-5,7-8,13-14H2,1H3,(H,32,36). The summed E-state index contributed by atoms with van der Waals surface area (Å²) >= 11 is 0. The van der Waals surface area contributed by atoms with Crippen molar-refractivity contribution in [3.63, 3.8) is 0 Å². The highest BCUT2D eigenvalue weighted by Crippen LogP contribution is 2.61. The van der Waals surface area contributed by atoms with E-state index in [9.17, 15) is 8.78 Å². The number of piperidine rings is 1.